The molecule has 68 valence electrons. The zero-order chi connectivity index (χ0) is 8.81. The predicted octanol–water partition coefficient (Wildman–Crippen LogP) is 1.02. The van der Waals surface area contributed by atoms with Crippen molar-refractivity contribution >= 4 is 0 Å². The molecule has 1 heterocycles. The maximum absolute atomic E-state index is 8.90. The lowest BCUT2D eigenvalue weighted by atomic mass is 10.4. The Hall–Kier alpha value is -0.800. The second-order valence-electron chi connectivity index (χ2n) is 2.55. The summed E-state index contributed by atoms with van der Waals surface area (Å²) in [5, 5.41) is 8.90. The first-order valence-electron chi connectivity index (χ1n) is 4.21. The molecule has 0 aliphatic heterocycles. The van der Waals surface area contributed by atoms with Gasteiger partial charge in [0, 0.05) is 25.0 Å². The highest BCUT2D eigenvalue weighted by atomic mass is 16.5. The van der Waals surface area contributed by atoms with E-state index in [-0.39, 0.29) is 6.61 Å². The Morgan fingerprint density at radius 2 is 2.42 bits per heavy atom. The van der Waals surface area contributed by atoms with Gasteiger partial charge in [0.25, 0.3) is 0 Å². The van der Waals surface area contributed by atoms with Crippen LogP contribution < -0.4 is 0 Å². The van der Waals surface area contributed by atoms with Gasteiger partial charge in [-0.2, -0.15) is 0 Å². The number of aliphatic hydroxyl groups excluding tert-OH is 1. The molecule has 3 nitrogen and oxygen atoms in total. The van der Waals surface area contributed by atoms with E-state index in [1.807, 2.05) is 29.8 Å². The molecule has 12 heavy (non-hydrogen) atoms. The molecule has 0 saturated heterocycles. The van der Waals surface area contributed by atoms with Gasteiger partial charge in [0.1, 0.15) is 0 Å². The maximum atomic E-state index is 8.90. The van der Waals surface area contributed by atoms with Crippen molar-refractivity contribution < 1.29 is 9.84 Å². The SMILES string of the molecule is CCOCCn1cccc1CO. The van der Waals surface area contributed by atoms with Gasteiger partial charge < -0.3 is 14.4 Å². The van der Waals surface area contributed by atoms with Crippen LogP contribution in [0.4, 0.5) is 0 Å². The van der Waals surface area contributed by atoms with E-state index in [0.29, 0.717) is 6.61 Å². The molecule has 0 aromatic carbocycles. The normalized spacial score (nSPS) is 10.5. The number of aliphatic hydroxyl groups is 1. The highest BCUT2D eigenvalue weighted by molar-refractivity contribution is 5.05. The van der Waals surface area contributed by atoms with Crippen LogP contribution in [0.1, 0.15) is 12.6 Å². The van der Waals surface area contributed by atoms with Crippen molar-refractivity contribution in [2.75, 3.05) is 13.2 Å². The van der Waals surface area contributed by atoms with Gasteiger partial charge in [0.05, 0.1) is 13.2 Å². The third kappa shape index (κ3) is 2.36. The number of hydrogen-bond donors (Lipinski definition) is 1. The Kier molecular flexibility index (Phi) is 3.84. The second-order valence-corrected chi connectivity index (χ2v) is 2.55. The molecular formula is C9H15NO2. The van der Waals surface area contributed by atoms with E-state index < -0.39 is 0 Å². The molecule has 0 bridgehead atoms. The highest BCUT2D eigenvalue weighted by Gasteiger charge is 1.97. The largest absolute Gasteiger partial charge is 0.390 e. The average Bonchev–Trinajstić information content (AvgIpc) is 2.52. The van der Waals surface area contributed by atoms with E-state index in [1.165, 1.54) is 0 Å². The van der Waals surface area contributed by atoms with Crippen molar-refractivity contribution in [1.29, 1.82) is 0 Å². The molecule has 0 aliphatic rings. The minimum Gasteiger partial charge on any atom is -0.390 e. The molecule has 1 rings (SSSR count). The molecule has 1 aromatic rings. The zero-order valence-electron chi connectivity index (χ0n) is 7.36. The van der Waals surface area contributed by atoms with E-state index >= 15 is 0 Å². The van der Waals surface area contributed by atoms with Crippen LogP contribution in [0.15, 0.2) is 18.3 Å². The Labute approximate surface area is 72.6 Å². The van der Waals surface area contributed by atoms with E-state index in [1.54, 1.807) is 0 Å². The Morgan fingerprint density at radius 1 is 1.58 bits per heavy atom. The monoisotopic (exact) mass is 169 g/mol. The molecule has 0 radical (unpaired) electrons. The molecule has 3 heteroatoms. The van der Waals surface area contributed by atoms with Crippen LogP contribution in [0.2, 0.25) is 0 Å². The van der Waals surface area contributed by atoms with Crippen LogP contribution in [-0.4, -0.2) is 22.9 Å². The molecule has 0 fully saturated rings. The molecule has 0 amide bonds. The van der Waals surface area contributed by atoms with Gasteiger partial charge in [-0.05, 0) is 19.1 Å². The van der Waals surface area contributed by atoms with Crippen molar-refractivity contribution in [2.24, 2.45) is 0 Å². The van der Waals surface area contributed by atoms with E-state index in [2.05, 4.69) is 0 Å². The number of nitrogens with zero attached hydrogens (tertiary/aromatic N) is 1. The minimum atomic E-state index is 0.0964. The van der Waals surface area contributed by atoms with E-state index in [0.717, 1.165) is 18.8 Å². The molecule has 0 saturated carbocycles. The summed E-state index contributed by atoms with van der Waals surface area (Å²) in [4.78, 5) is 0. The van der Waals surface area contributed by atoms with E-state index in [9.17, 15) is 0 Å². The smallest absolute Gasteiger partial charge is 0.0832 e. The zero-order valence-corrected chi connectivity index (χ0v) is 7.36. The summed E-state index contributed by atoms with van der Waals surface area (Å²) in [6, 6.07) is 3.84. The van der Waals surface area contributed by atoms with E-state index in [4.69, 9.17) is 9.84 Å². The summed E-state index contributed by atoms with van der Waals surface area (Å²) in [5.74, 6) is 0. The summed E-state index contributed by atoms with van der Waals surface area (Å²) >= 11 is 0. The maximum Gasteiger partial charge on any atom is 0.0832 e. The van der Waals surface area contributed by atoms with Crippen LogP contribution >= 0.6 is 0 Å². The first kappa shape index (κ1) is 9.29. The van der Waals surface area contributed by atoms with Crippen LogP contribution in [0, 0.1) is 0 Å². The van der Waals surface area contributed by atoms with Crippen molar-refractivity contribution in [2.45, 2.75) is 20.1 Å². The fraction of sp³-hybridized carbons (Fsp3) is 0.556. The van der Waals surface area contributed by atoms with Crippen molar-refractivity contribution in [1.82, 2.24) is 4.57 Å². The lowest BCUT2D eigenvalue weighted by Crippen LogP contribution is -2.07. The molecule has 0 unspecified atom stereocenters. The Balaban J connectivity index is 2.39. The number of rotatable bonds is 5. The van der Waals surface area contributed by atoms with Gasteiger partial charge in [-0.15, -0.1) is 0 Å². The number of aromatic nitrogens is 1. The fourth-order valence-electron chi connectivity index (χ4n) is 1.12. The van der Waals surface area contributed by atoms with Gasteiger partial charge in [-0.25, -0.2) is 0 Å². The minimum absolute atomic E-state index is 0.0964. The quantitative estimate of drug-likeness (QED) is 0.668. The first-order valence-corrected chi connectivity index (χ1v) is 4.21. The molecule has 0 atom stereocenters. The predicted molar refractivity (Wildman–Crippen MR) is 46.8 cm³/mol. The van der Waals surface area contributed by atoms with Gasteiger partial charge >= 0.3 is 0 Å². The van der Waals surface area contributed by atoms with Gasteiger partial charge in [0.15, 0.2) is 0 Å². The second kappa shape index (κ2) is 4.95. The Bertz CT molecular complexity index is 220. The van der Waals surface area contributed by atoms with Gasteiger partial charge in [-0.1, -0.05) is 0 Å². The first-order chi connectivity index (χ1) is 5.88. The average molecular weight is 169 g/mol. The Morgan fingerprint density at radius 3 is 3.08 bits per heavy atom. The number of ether oxygens (including phenoxy) is 1. The van der Waals surface area contributed by atoms with Crippen molar-refractivity contribution in [3.63, 3.8) is 0 Å². The summed E-state index contributed by atoms with van der Waals surface area (Å²) in [7, 11) is 0. The van der Waals surface area contributed by atoms with Crippen LogP contribution in [0.3, 0.4) is 0 Å². The summed E-state index contributed by atoms with van der Waals surface area (Å²) in [5.41, 5.74) is 0.940. The third-order valence-electron chi connectivity index (χ3n) is 1.77. The van der Waals surface area contributed by atoms with Crippen LogP contribution in [0.25, 0.3) is 0 Å². The van der Waals surface area contributed by atoms with Crippen molar-refractivity contribution in [3.05, 3.63) is 24.0 Å². The van der Waals surface area contributed by atoms with Crippen molar-refractivity contribution in [3.8, 4) is 0 Å². The lowest BCUT2D eigenvalue weighted by molar-refractivity contribution is 0.137. The molecule has 0 spiro atoms. The van der Waals surface area contributed by atoms with Crippen LogP contribution in [0.5, 0.6) is 0 Å². The molecule has 1 aromatic heterocycles. The standard InChI is InChI=1S/C9H15NO2/c1-2-12-7-6-10-5-3-4-9(10)8-11/h3-5,11H,2,6-8H2,1H3. The summed E-state index contributed by atoms with van der Waals surface area (Å²) < 4.78 is 7.20. The molecular weight excluding hydrogens is 154 g/mol. The topological polar surface area (TPSA) is 34.4 Å². The fourth-order valence-corrected chi connectivity index (χ4v) is 1.12. The number of hydrogen-bond acceptors (Lipinski definition) is 2. The molecule has 1 N–H and O–H groups in total. The van der Waals surface area contributed by atoms with Gasteiger partial charge in [0.2, 0.25) is 0 Å². The lowest BCUT2D eigenvalue weighted by Gasteiger charge is -2.06. The van der Waals surface area contributed by atoms with Gasteiger partial charge in [-0.3, -0.25) is 0 Å². The highest BCUT2D eigenvalue weighted by Crippen LogP contribution is 2.01. The summed E-state index contributed by atoms with van der Waals surface area (Å²) in [6.45, 7) is 4.34. The van der Waals surface area contributed by atoms with Crippen LogP contribution in [-0.2, 0) is 17.9 Å². The summed E-state index contributed by atoms with van der Waals surface area (Å²) in [6.07, 6.45) is 1.95. The molecule has 0 aliphatic carbocycles. The third-order valence-corrected chi connectivity index (χ3v) is 1.77.